The number of aryl methyl sites for hydroxylation is 2. The number of aliphatic hydroxyl groups excluding tert-OH is 2. The molecule has 81 heavy (non-hydrogen) atoms. The lowest BCUT2D eigenvalue weighted by molar-refractivity contribution is -0.141. The Balaban J connectivity index is 0.000000182. The first-order chi connectivity index (χ1) is 38.6. The third kappa shape index (κ3) is 12.7. The highest BCUT2D eigenvalue weighted by molar-refractivity contribution is 6.06. The number of hydrogen-bond donors (Lipinski definition) is 4. The molecule has 4 N–H and O–H groups in total. The van der Waals surface area contributed by atoms with E-state index in [0.29, 0.717) is 71.2 Å². The number of piperidine rings is 2. The van der Waals surface area contributed by atoms with Crippen molar-refractivity contribution in [1.82, 2.24) is 29.9 Å². The molecule has 0 radical (unpaired) electrons. The summed E-state index contributed by atoms with van der Waals surface area (Å²) in [4.78, 5) is 61.5. The van der Waals surface area contributed by atoms with Crippen molar-refractivity contribution in [2.75, 3.05) is 82.8 Å². The van der Waals surface area contributed by atoms with E-state index in [2.05, 4.69) is 50.3 Å². The number of pyridine rings is 2. The largest absolute Gasteiger partial charge is 0.489 e. The van der Waals surface area contributed by atoms with Gasteiger partial charge in [0.2, 0.25) is 0 Å². The van der Waals surface area contributed by atoms with E-state index in [1.54, 1.807) is 35.9 Å². The Morgan fingerprint density at radius 2 is 1.20 bits per heavy atom. The zero-order chi connectivity index (χ0) is 57.4. The van der Waals surface area contributed by atoms with Crippen molar-refractivity contribution >= 4 is 46.4 Å². The van der Waals surface area contributed by atoms with Gasteiger partial charge >= 0.3 is 24.4 Å². The topological polar surface area (TPSA) is 226 Å². The molecule has 0 aliphatic carbocycles. The molecule has 4 amide bonds. The van der Waals surface area contributed by atoms with Crippen molar-refractivity contribution in [2.45, 2.75) is 95.8 Å². The van der Waals surface area contributed by atoms with Crippen LogP contribution in [0.15, 0.2) is 85.5 Å². The van der Waals surface area contributed by atoms with Gasteiger partial charge in [0.15, 0.2) is 29.1 Å². The second-order valence-corrected chi connectivity index (χ2v) is 20.6. The van der Waals surface area contributed by atoms with Crippen LogP contribution in [0.4, 0.5) is 70.3 Å². The van der Waals surface area contributed by atoms with Crippen molar-refractivity contribution in [3.63, 3.8) is 0 Å². The van der Waals surface area contributed by atoms with Gasteiger partial charge in [-0.25, -0.2) is 29.5 Å². The summed E-state index contributed by atoms with van der Waals surface area (Å²) < 4.78 is 103. The number of carbonyl (C=O) groups excluding carboxylic acids is 2. The molecule has 5 aliphatic rings. The first kappa shape index (κ1) is 56.3. The van der Waals surface area contributed by atoms with E-state index in [1.165, 1.54) is 48.9 Å². The van der Waals surface area contributed by atoms with E-state index in [-0.39, 0.29) is 59.9 Å². The molecule has 0 unspecified atom stereocenters. The van der Waals surface area contributed by atoms with Gasteiger partial charge in [-0.05, 0) is 77.6 Å². The number of halogens is 6. The number of benzene rings is 2. The lowest BCUT2D eigenvalue weighted by Gasteiger charge is -2.46. The SMILES string of the molecule is Cc1nc(-c2cccc(C(F)(F)F)c2)nc2c1N1CCC[C@@H](C1)N2C(=O)Nc1cncc(OC[C@H](O)CO)c1.Cc1nc(-c2cccc(C(F)(F)F)c2)nc2c1N1CCC[C@@H](C1)N2C(=O)Nc1cncc(OC[C@H]2COC(C)(C)O2)c1. The number of anilines is 6. The summed E-state index contributed by atoms with van der Waals surface area (Å²) in [5.74, 6) is 0.983. The van der Waals surface area contributed by atoms with E-state index in [1.807, 2.05) is 13.8 Å². The molecule has 0 spiro atoms. The fraction of sp³-hybridized carbons (Fsp3) is 0.418. The smallest absolute Gasteiger partial charge is 0.416 e. The van der Waals surface area contributed by atoms with E-state index in [9.17, 15) is 41.0 Å². The fourth-order valence-corrected chi connectivity index (χ4v) is 10.5. The van der Waals surface area contributed by atoms with Crippen LogP contribution in [0.2, 0.25) is 0 Å². The van der Waals surface area contributed by atoms with E-state index < -0.39 is 54.0 Å². The third-order valence-corrected chi connectivity index (χ3v) is 14.1. The molecule has 5 aliphatic heterocycles. The average molecular weight is 1130 g/mol. The molecule has 3 fully saturated rings. The lowest BCUT2D eigenvalue weighted by Crippen LogP contribution is -2.56. The minimum Gasteiger partial charge on any atom is -0.489 e. The Morgan fingerprint density at radius 3 is 1.64 bits per heavy atom. The number of rotatable bonds is 11. The number of aromatic nitrogens is 6. The summed E-state index contributed by atoms with van der Waals surface area (Å²) >= 11 is 0. The summed E-state index contributed by atoms with van der Waals surface area (Å²) in [6.45, 7) is 10.00. The number of aliphatic hydroxyl groups is 2. The van der Waals surface area contributed by atoms with Gasteiger partial charge in [0.1, 0.15) is 48.3 Å². The third-order valence-electron chi connectivity index (χ3n) is 14.1. The standard InChI is InChI=1S/C29H31F3N6O4.C26H27F3N6O4/c1-17-24-26(36-25(34-17)18-6-4-7-19(10-18)29(30,31)32)38(21-8-5-9-37(24)14-21)27(39)35-20-11-22(13-33-12-20)40-15-23-16-41-28(2,3)42-23;1-15-22-24(33-23(31-15)16-4-2-5-17(8-16)26(27,28)29)35(19-6-3-7-34(22)12-19)25(38)32-18-9-21(11-30-10-18)39-14-20(37)13-36/h4,6-7,10-13,21,23H,5,8-9,14-16H2,1-3H3,(H,35,39);2,4-5,8-11,19-20,36-37H,3,6-7,12-14H2,1H3,(H,32,38)/t21-,23-;19-,20+/m00/s1. The van der Waals surface area contributed by atoms with Gasteiger partial charge < -0.3 is 49.6 Å². The molecule has 20 nitrogen and oxygen atoms in total. The molecule has 26 heteroatoms. The van der Waals surface area contributed by atoms with Crippen molar-refractivity contribution in [3.05, 3.63) is 108 Å². The molecule has 0 saturated carbocycles. The fourth-order valence-electron chi connectivity index (χ4n) is 10.5. The summed E-state index contributed by atoms with van der Waals surface area (Å²) in [5, 5.41) is 24.2. The number of carbonyl (C=O) groups is 2. The van der Waals surface area contributed by atoms with Crippen molar-refractivity contribution < 1.29 is 65.1 Å². The van der Waals surface area contributed by atoms with E-state index in [0.717, 1.165) is 63.0 Å². The lowest BCUT2D eigenvalue weighted by atomic mass is 9.99. The molecule has 11 rings (SSSR count). The van der Waals surface area contributed by atoms with Gasteiger partial charge in [0, 0.05) is 49.4 Å². The van der Waals surface area contributed by atoms with Crippen LogP contribution in [0, 0.1) is 13.8 Å². The molecule has 4 bridgehead atoms. The summed E-state index contributed by atoms with van der Waals surface area (Å²) in [6, 6.07) is 11.6. The van der Waals surface area contributed by atoms with Gasteiger partial charge in [0.05, 0.1) is 84.0 Å². The molecular formula is C55H58F6N12O8. The maximum atomic E-state index is 13.8. The molecule has 4 aromatic heterocycles. The molecule has 428 valence electrons. The van der Waals surface area contributed by atoms with Crippen LogP contribution in [0.1, 0.15) is 62.0 Å². The maximum Gasteiger partial charge on any atom is 0.416 e. The second kappa shape index (κ2) is 22.9. The Bertz CT molecular complexity index is 3300. The number of ether oxygens (including phenoxy) is 4. The van der Waals surface area contributed by atoms with Crippen LogP contribution in [0.25, 0.3) is 22.8 Å². The maximum absolute atomic E-state index is 13.8. The zero-order valence-corrected chi connectivity index (χ0v) is 44.5. The van der Waals surface area contributed by atoms with Gasteiger partial charge in [-0.2, -0.15) is 26.3 Å². The van der Waals surface area contributed by atoms with Crippen molar-refractivity contribution in [3.8, 4) is 34.3 Å². The summed E-state index contributed by atoms with van der Waals surface area (Å²) in [6.07, 6.45) is -1.20. The monoisotopic (exact) mass is 1130 g/mol. The van der Waals surface area contributed by atoms with Gasteiger partial charge in [-0.1, -0.05) is 24.3 Å². The van der Waals surface area contributed by atoms with Crippen LogP contribution >= 0.6 is 0 Å². The number of nitrogens with zero attached hydrogens (tertiary/aromatic N) is 10. The Morgan fingerprint density at radius 1 is 0.716 bits per heavy atom. The highest BCUT2D eigenvalue weighted by Gasteiger charge is 2.42. The van der Waals surface area contributed by atoms with E-state index in [4.69, 9.17) is 24.1 Å². The number of hydrogen-bond acceptors (Lipinski definition) is 16. The Hall–Kier alpha value is -7.94. The minimum atomic E-state index is -4.52. The normalized spacial score (nSPS) is 19.4. The molecule has 3 saturated heterocycles. The highest BCUT2D eigenvalue weighted by Crippen LogP contribution is 2.44. The van der Waals surface area contributed by atoms with Crippen LogP contribution in [0.5, 0.6) is 11.5 Å². The van der Waals surface area contributed by atoms with Crippen molar-refractivity contribution in [1.29, 1.82) is 0 Å². The van der Waals surface area contributed by atoms with E-state index >= 15 is 0 Å². The number of amides is 4. The van der Waals surface area contributed by atoms with Crippen LogP contribution < -0.4 is 39.7 Å². The highest BCUT2D eigenvalue weighted by atomic mass is 19.4. The second-order valence-electron chi connectivity index (χ2n) is 20.6. The number of alkyl halides is 6. The average Bonchev–Trinajstić information content (AvgIpc) is 3.50. The minimum absolute atomic E-state index is 0.0934. The van der Waals surface area contributed by atoms with Crippen molar-refractivity contribution in [2.24, 2.45) is 0 Å². The molecule has 4 atom stereocenters. The first-order valence-electron chi connectivity index (χ1n) is 26.2. The van der Waals surface area contributed by atoms with Crippen LogP contribution in [-0.4, -0.2) is 135 Å². The first-order valence-corrected chi connectivity index (χ1v) is 26.2. The predicted molar refractivity (Wildman–Crippen MR) is 285 cm³/mol. The van der Waals surface area contributed by atoms with Gasteiger partial charge in [-0.15, -0.1) is 0 Å². The predicted octanol–water partition coefficient (Wildman–Crippen LogP) is 9.04. The number of urea groups is 2. The number of nitrogens with one attached hydrogen (secondary N) is 2. The van der Waals surface area contributed by atoms with Gasteiger partial charge in [-0.3, -0.25) is 19.8 Å². The number of fused-ring (bicyclic) bond motifs is 8. The molecule has 9 heterocycles. The summed E-state index contributed by atoms with van der Waals surface area (Å²) in [7, 11) is 0. The van der Waals surface area contributed by atoms with Crippen LogP contribution in [-0.2, 0) is 21.8 Å². The molecule has 6 aromatic rings. The quantitative estimate of drug-likeness (QED) is 0.0888. The molecular weight excluding hydrogens is 1070 g/mol. The Kier molecular flexibility index (Phi) is 15.9. The van der Waals surface area contributed by atoms with Crippen LogP contribution in [0.3, 0.4) is 0 Å². The Labute approximate surface area is 461 Å². The summed E-state index contributed by atoms with van der Waals surface area (Å²) in [5.41, 5.74) is 2.09. The zero-order valence-electron chi connectivity index (χ0n) is 44.5. The van der Waals surface area contributed by atoms with Gasteiger partial charge in [0.25, 0.3) is 0 Å². The molecule has 2 aromatic carbocycles.